The number of hydrogen-bond acceptors (Lipinski definition) is 2. The molecule has 0 aromatic carbocycles. The van der Waals surface area contributed by atoms with Gasteiger partial charge in [0.05, 0.1) is 5.69 Å². The lowest BCUT2D eigenvalue weighted by Crippen LogP contribution is -2.37. The van der Waals surface area contributed by atoms with E-state index in [0.717, 1.165) is 6.54 Å². The number of rotatable bonds is 4. The Hall–Kier alpha value is -0.890. The van der Waals surface area contributed by atoms with Crippen molar-refractivity contribution in [1.29, 1.82) is 0 Å². The molecule has 0 fully saturated rings. The van der Waals surface area contributed by atoms with Gasteiger partial charge in [-0.25, -0.2) is 0 Å². The van der Waals surface area contributed by atoms with Gasteiger partial charge >= 0.3 is 0 Å². The van der Waals surface area contributed by atoms with Gasteiger partial charge in [0, 0.05) is 18.8 Å². The molecule has 0 saturated carbocycles. The molecule has 1 heterocycles. The van der Waals surface area contributed by atoms with Crippen LogP contribution in [0.1, 0.15) is 57.8 Å². The van der Waals surface area contributed by atoms with Crippen LogP contribution in [0.3, 0.4) is 0 Å². The average molecular weight is 246 g/mol. The molecule has 1 aromatic rings. The molecule has 100 valence electrons. The summed E-state index contributed by atoms with van der Waals surface area (Å²) in [5.41, 5.74) is 3.05. The monoisotopic (exact) mass is 246 g/mol. The zero-order valence-corrected chi connectivity index (χ0v) is 12.2. The predicted molar refractivity (Wildman–Crippen MR) is 76.5 cm³/mol. The van der Waals surface area contributed by atoms with Crippen LogP contribution in [0, 0.1) is 11.3 Å². The van der Waals surface area contributed by atoms with E-state index in [2.05, 4.69) is 50.1 Å². The molecule has 1 atom stereocenters. The molecule has 1 unspecified atom stereocenters. The fraction of sp³-hybridized carbons (Fsp3) is 0.688. The third-order valence-corrected chi connectivity index (χ3v) is 4.56. The second kappa shape index (κ2) is 5.40. The van der Waals surface area contributed by atoms with Gasteiger partial charge in [-0.2, -0.15) is 0 Å². The SMILES string of the molecule is CC(C)C(C)(C)CNC1CCCc2cccnc21. The van der Waals surface area contributed by atoms with E-state index in [0.29, 0.717) is 17.4 Å². The second-order valence-corrected chi connectivity index (χ2v) is 6.52. The van der Waals surface area contributed by atoms with Crippen LogP contribution >= 0.6 is 0 Å². The van der Waals surface area contributed by atoms with E-state index in [1.807, 2.05) is 6.20 Å². The van der Waals surface area contributed by atoms with Crippen molar-refractivity contribution < 1.29 is 0 Å². The minimum absolute atomic E-state index is 0.340. The standard InChI is InChI=1S/C16H26N2/c1-12(2)16(3,4)11-18-14-9-5-7-13-8-6-10-17-15(13)14/h6,8,10,12,14,18H,5,7,9,11H2,1-4H3. The Morgan fingerprint density at radius 3 is 2.94 bits per heavy atom. The summed E-state index contributed by atoms with van der Waals surface area (Å²) < 4.78 is 0. The fourth-order valence-corrected chi connectivity index (χ4v) is 2.40. The van der Waals surface area contributed by atoms with Crippen molar-refractivity contribution in [2.45, 2.75) is 53.0 Å². The maximum atomic E-state index is 4.58. The minimum Gasteiger partial charge on any atom is -0.308 e. The van der Waals surface area contributed by atoms with Crippen LogP contribution in [0.15, 0.2) is 18.3 Å². The Morgan fingerprint density at radius 2 is 2.22 bits per heavy atom. The Labute approximate surface area is 111 Å². The summed E-state index contributed by atoms with van der Waals surface area (Å²) in [6.45, 7) is 10.3. The summed E-state index contributed by atoms with van der Waals surface area (Å²) in [6.07, 6.45) is 5.61. The largest absolute Gasteiger partial charge is 0.308 e. The second-order valence-electron chi connectivity index (χ2n) is 6.52. The Bertz CT molecular complexity index is 396. The normalized spacial score (nSPS) is 19.9. The lowest BCUT2D eigenvalue weighted by Gasteiger charge is -2.33. The summed E-state index contributed by atoms with van der Waals surface area (Å²) in [4.78, 5) is 4.58. The van der Waals surface area contributed by atoms with Crippen LogP contribution in [0.4, 0.5) is 0 Å². The zero-order chi connectivity index (χ0) is 13.2. The maximum absolute atomic E-state index is 4.58. The lowest BCUT2D eigenvalue weighted by molar-refractivity contribution is 0.223. The molecule has 0 radical (unpaired) electrons. The van der Waals surface area contributed by atoms with Crippen LogP contribution in [0.2, 0.25) is 0 Å². The number of nitrogens with zero attached hydrogens (tertiary/aromatic N) is 1. The first-order valence-corrected chi connectivity index (χ1v) is 7.18. The van der Waals surface area contributed by atoms with E-state index in [4.69, 9.17) is 0 Å². The molecule has 0 spiro atoms. The van der Waals surface area contributed by atoms with Crippen LogP contribution in [-0.2, 0) is 6.42 Å². The third kappa shape index (κ3) is 2.92. The highest BCUT2D eigenvalue weighted by Crippen LogP contribution is 2.30. The fourth-order valence-electron chi connectivity index (χ4n) is 2.40. The molecule has 2 rings (SSSR count). The van der Waals surface area contributed by atoms with Gasteiger partial charge in [0.25, 0.3) is 0 Å². The van der Waals surface area contributed by atoms with Crippen LogP contribution in [0.5, 0.6) is 0 Å². The van der Waals surface area contributed by atoms with Crippen LogP contribution in [0.25, 0.3) is 0 Å². The van der Waals surface area contributed by atoms with E-state index in [1.54, 1.807) is 0 Å². The molecule has 1 aliphatic rings. The van der Waals surface area contributed by atoms with E-state index in [1.165, 1.54) is 30.5 Å². The molecule has 1 N–H and O–H groups in total. The summed E-state index contributed by atoms with van der Waals surface area (Å²) >= 11 is 0. The Kier molecular flexibility index (Phi) is 4.06. The first kappa shape index (κ1) is 13.5. The van der Waals surface area contributed by atoms with Crippen molar-refractivity contribution in [3.63, 3.8) is 0 Å². The van der Waals surface area contributed by atoms with Gasteiger partial charge in [-0.15, -0.1) is 0 Å². The molecule has 0 saturated heterocycles. The first-order chi connectivity index (χ1) is 8.50. The molecule has 0 amide bonds. The van der Waals surface area contributed by atoms with Crippen molar-refractivity contribution in [3.8, 4) is 0 Å². The number of nitrogens with one attached hydrogen (secondary N) is 1. The summed E-state index contributed by atoms with van der Waals surface area (Å²) in [5.74, 6) is 0.691. The summed E-state index contributed by atoms with van der Waals surface area (Å²) in [5, 5.41) is 3.74. The molecule has 0 bridgehead atoms. The molecule has 0 aliphatic heterocycles. The lowest BCUT2D eigenvalue weighted by atomic mass is 9.80. The highest BCUT2D eigenvalue weighted by Gasteiger charge is 2.26. The van der Waals surface area contributed by atoms with Gasteiger partial charge in [0.1, 0.15) is 0 Å². The van der Waals surface area contributed by atoms with Crippen LogP contribution in [-0.4, -0.2) is 11.5 Å². The van der Waals surface area contributed by atoms with Gasteiger partial charge < -0.3 is 5.32 Å². The molecule has 1 aliphatic carbocycles. The summed E-state index contributed by atoms with van der Waals surface area (Å²) in [7, 11) is 0. The molecule has 18 heavy (non-hydrogen) atoms. The molecule has 1 aromatic heterocycles. The molecular weight excluding hydrogens is 220 g/mol. The topological polar surface area (TPSA) is 24.9 Å². The smallest absolute Gasteiger partial charge is 0.0605 e. The number of fused-ring (bicyclic) bond motifs is 1. The summed E-state index contributed by atoms with van der Waals surface area (Å²) in [6, 6.07) is 4.73. The van der Waals surface area contributed by atoms with Gasteiger partial charge in [-0.05, 0) is 42.2 Å². The Morgan fingerprint density at radius 1 is 1.44 bits per heavy atom. The maximum Gasteiger partial charge on any atom is 0.0605 e. The number of pyridine rings is 1. The predicted octanol–water partition coefficient (Wildman–Crippen LogP) is 3.73. The van der Waals surface area contributed by atoms with Crippen molar-refractivity contribution in [2.75, 3.05) is 6.54 Å². The number of aromatic nitrogens is 1. The highest BCUT2D eigenvalue weighted by molar-refractivity contribution is 5.25. The number of hydrogen-bond donors (Lipinski definition) is 1. The minimum atomic E-state index is 0.340. The first-order valence-electron chi connectivity index (χ1n) is 7.18. The Balaban J connectivity index is 2.04. The van der Waals surface area contributed by atoms with Gasteiger partial charge in [0.15, 0.2) is 0 Å². The third-order valence-electron chi connectivity index (χ3n) is 4.56. The zero-order valence-electron chi connectivity index (χ0n) is 12.2. The van der Waals surface area contributed by atoms with Crippen molar-refractivity contribution in [1.82, 2.24) is 10.3 Å². The van der Waals surface area contributed by atoms with E-state index in [-0.39, 0.29) is 0 Å². The molecular formula is C16H26N2. The van der Waals surface area contributed by atoms with Crippen molar-refractivity contribution >= 4 is 0 Å². The number of aryl methyl sites for hydroxylation is 1. The van der Waals surface area contributed by atoms with Gasteiger partial charge in [-0.1, -0.05) is 33.8 Å². The van der Waals surface area contributed by atoms with E-state index >= 15 is 0 Å². The molecule has 2 heteroatoms. The van der Waals surface area contributed by atoms with Gasteiger partial charge in [-0.3, -0.25) is 4.98 Å². The van der Waals surface area contributed by atoms with E-state index in [9.17, 15) is 0 Å². The average Bonchev–Trinajstić information content (AvgIpc) is 2.36. The molecule has 2 nitrogen and oxygen atoms in total. The van der Waals surface area contributed by atoms with Crippen molar-refractivity contribution in [3.05, 3.63) is 29.6 Å². The van der Waals surface area contributed by atoms with Gasteiger partial charge in [0.2, 0.25) is 0 Å². The van der Waals surface area contributed by atoms with E-state index < -0.39 is 0 Å². The van der Waals surface area contributed by atoms with Crippen molar-refractivity contribution in [2.24, 2.45) is 11.3 Å². The van der Waals surface area contributed by atoms with Crippen LogP contribution < -0.4 is 5.32 Å². The quantitative estimate of drug-likeness (QED) is 0.875. The highest BCUT2D eigenvalue weighted by atomic mass is 15.0.